The van der Waals surface area contributed by atoms with Gasteiger partial charge in [-0.2, -0.15) is 0 Å². The number of likely N-dealkylation sites (N-methyl/N-ethyl adjacent to an activating group) is 1. The largest absolute Gasteiger partial charge is 0.397 e. The number of hydrogen-bond acceptors (Lipinski definition) is 3. The average molecular weight is 280 g/mol. The number of nitrogen functional groups attached to an aromatic ring is 1. The summed E-state index contributed by atoms with van der Waals surface area (Å²) in [5.41, 5.74) is 6.83. The van der Waals surface area contributed by atoms with Crippen molar-refractivity contribution in [3.05, 3.63) is 18.0 Å². The van der Waals surface area contributed by atoms with Crippen LogP contribution < -0.4 is 11.1 Å². The molecule has 1 aromatic rings. The maximum Gasteiger partial charge on any atom is 0.270 e. The van der Waals surface area contributed by atoms with Gasteiger partial charge in [-0.1, -0.05) is 13.8 Å². The third-order valence-corrected chi connectivity index (χ3v) is 2.90. The lowest BCUT2D eigenvalue weighted by Crippen LogP contribution is -2.39. The Hall–Kier alpha value is -1.98. The van der Waals surface area contributed by atoms with Crippen molar-refractivity contribution in [1.29, 1.82) is 0 Å². The molecule has 0 aromatic carbocycles. The Balaban J connectivity index is 2.71. The zero-order valence-corrected chi connectivity index (χ0v) is 12.5. The van der Waals surface area contributed by atoms with E-state index in [1.165, 1.54) is 4.90 Å². The Morgan fingerprint density at radius 2 is 2.05 bits per heavy atom. The van der Waals surface area contributed by atoms with Gasteiger partial charge in [0.2, 0.25) is 5.91 Å². The first kappa shape index (κ1) is 16.1. The van der Waals surface area contributed by atoms with E-state index < -0.39 is 0 Å². The highest BCUT2D eigenvalue weighted by Gasteiger charge is 2.18. The highest BCUT2D eigenvalue weighted by molar-refractivity contribution is 5.96. The molecule has 0 unspecified atom stereocenters. The number of carbonyl (C=O) groups excluding carboxylic acids is 2. The molecular formula is C14H24N4O2. The highest BCUT2D eigenvalue weighted by atomic mass is 16.2. The minimum Gasteiger partial charge on any atom is -0.397 e. The number of nitrogens with two attached hydrogens (primary N) is 1. The summed E-state index contributed by atoms with van der Waals surface area (Å²) in [6.45, 7) is 5.42. The molecule has 0 radical (unpaired) electrons. The Morgan fingerprint density at radius 1 is 1.35 bits per heavy atom. The third-order valence-electron chi connectivity index (χ3n) is 2.90. The first-order chi connectivity index (χ1) is 9.49. The number of aryl methyl sites for hydroxylation is 1. The van der Waals surface area contributed by atoms with E-state index in [1.807, 2.05) is 18.4 Å². The van der Waals surface area contributed by atoms with Crippen LogP contribution >= 0.6 is 0 Å². The monoisotopic (exact) mass is 280 g/mol. The molecule has 112 valence electrons. The fraction of sp³-hybridized carbons (Fsp3) is 0.571. The number of amides is 2. The van der Waals surface area contributed by atoms with Crippen molar-refractivity contribution in [2.24, 2.45) is 0 Å². The van der Waals surface area contributed by atoms with Gasteiger partial charge in [0.15, 0.2) is 0 Å². The van der Waals surface area contributed by atoms with Crippen molar-refractivity contribution in [2.45, 2.75) is 33.2 Å². The molecule has 1 aromatic heterocycles. The number of carbonyl (C=O) groups is 2. The zero-order chi connectivity index (χ0) is 15.1. The fourth-order valence-corrected chi connectivity index (χ4v) is 1.94. The lowest BCUT2D eigenvalue weighted by atomic mass is 10.3. The zero-order valence-electron chi connectivity index (χ0n) is 12.5. The Kier molecular flexibility index (Phi) is 6.09. The van der Waals surface area contributed by atoms with Gasteiger partial charge in [-0.05, 0) is 18.9 Å². The van der Waals surface area contributed by atoms with Gasteiger partial charge in [0.05, 0.1) is 12.2 Å². The Morgan fingerprint density at radius 3 is 2.65 bits per heavy atom. The minimum absolute atomic E-state index is 0.0516. The van der Waals surface area contributed by atoms with Crippen LogP contribution in [0.15, 0.2) is 12.3 Å². The lowest BCUT2D eigenvalue weighted by Gasteiger charge is -2.17. The maximum absolute atomic E-state index is 12.3. The van der Waals surface area contributed by atoms with Crippen LogP contribution in [0.4, 0.5) is 5.69 Å². The molecular weight excluding hydrogens is 256 g/mol. The van der Waals surface area contributed by atoms with Gasteiger partial charge < -0.3 is 20.5 Å². The summed E-state index contributed by atoms with van der Waals surface area (Å²) < 4.78 is 1.83. The Labute approximate surface area is 119 Å². The van der Waals surface area contributed by atoms with Crippen LogP contribution in [-0.2, 0) is 11.3 Å². The molecule has 20 heavy (non-hydrogen) atoms. The van der Waals surface area contributed by atoms with E-state index in [0.717, 1.165) is 19.4 Å². The molecule has 1 rings (SSSR count). The molecule has 0 saturated carbocycles. The van der Waals surface area contributed by atoms with Crippen LogP contribution in [0.1, 0.15) is 37.2 Å². The smallest absolute Gasteiger partial charge is 0.270 e. The number of hydrogen-bond donors (Lipinski definition) is 2. The highest BCUT2D eigenvalue weighted by Crippen LogP contribution is 2.13. The molecule has 0 aliphatic heterocycles. The number of nitrogens with one attached hydrogen (secondary N) is 1. The van der Waals surface area contributed by atoms with Crippen LogP contribution in [0.5, 0.6) is 0 Å². The van der Waals surface area contributed by atoms with Crippen molar-refractivity contribution in [3.63, 3.8) is 0 Å². The molecule has 0 spiro atoms. The van der Waals surface area contributed by atoms with Gasteiger partial charge >= 0.3 is 0 Å². The quantitative estimate of drug-likeness (QED) is 0.784. The molecule has 0 saturated heterocycles. The molecule has 0 fully saturated rings. The van der Waals surface area contributed by atoms with Crippen LogP contribution in [0, 0.1) is 0 Å². The summed E-state index contributed by atoms with van der Waals surface area (Å²) in [4.78, 5) is 25.4. The van der Waals surface area contributed by atoms with Crippen molar-refractivity contribution < 1.29 is 9.59 Å². The summed E-state index contributed by atoms with van der Waals surface area (Å²) in [7, 11) is 1.62. The second-order valence-electron chi connectivity index (χ2n) is 4.86. The normalized spacial score (nSPS) is 10.3. The minimum atomic E-state index is -0.193. The SMILES string of the molecule is CCCNC(=O)CN(C)C(=O)c1cc(N)cn1CCC. The molecule has 6 nitrogen and oxygen atoms in total. The first-order valence-electron chi connectivity index (χ1n) is 6.97. The van der Waals surface area contributed by atoms with Crippen LogP contribution in [0.2, 0.25) is 0 Å². The molecule has 1 heterocycles. The summed E-state index contributed by atoms with van der Waals surface area (Å²) in [6.07, 6.45) is 3.54. The van der Waals surface area contributed by atoms with E-state index in [2.05, 4.69) is 5.32 Å². The van der Waals surface area contributed by atoms with Crippen molar-refractivity contribution in [2.75, 3.05) is 25.9 Å². The van der Waals surface area contributed by atoms with Gasteiger partial charge in [-0.3, -0.25) is 9.59 Å². The van der Waals surface area contributed by atoms with Crippen molar-refractivity contribution in [1.82, 2.24) is 14.8 Å². The summed E-state index contributed by atoms with van der Waals surface area (Å²) in [5, 5.41) is 2.75. The van der Waals surface area contributed by atoms with E-state index in [9.17, 15) is 9.59 Å². The Bertz CT molecular complexity index is 468. The predicted octanol–water partition coefficient (Wildman–Crippen LogP) is 1.08. The van der Waals surface area contributed by atoms with E-state index in [4.69, 9.17) is 5.73 Å². The topological polar surface area (TPSA) is 80.4 Å². The van der Waals surface area contributed by atoms with Crippen LogP contribution in [0.3, 0.4) is 0 Å². The van der Waals surface area contributed by atoms with E-state index in [0.29, 0.717) is 17.9 Å². The number of nitrogens with zero attached hydrogens (tertiary/aromatic N) is 2. The fourth-order valence-electron chi connectivity index (χ4n) is 1.94. The summed E-state index contributed by atoms with van der Waals surface area (Å²) in [5.74, 6) is -0.342. The molecule has 3 N–H and O–H groups in total. The molecule has 0 bridgehead atoms. The second kappa shape index (κ2) is 7.57. The molecule has 0 aliphatic rings. The third kappa shape index (κ3) is 4.29. The predicted molar refractivity (Wildman–Crippen MR) is 79.4 cm³/mol. The van der Waals surface area contributed by atoms with E-state index >= 15 is 0 Å². The average Bonchev–Trinajstić information content (AvgIpc) is 2.76. The van der Waals surface area contributed by atoms with Crippen molar-refractivity contribution in [3.8, 4) is 0 Å². The molecule has 0 atom stereocenters. The summed E-state index contributed by atoms with van der Waals surface area (Å²) in [6, 6.07) is 1.65. The molecule has 0 aliphatic carbocycles. The van der Waals surface area contributed by atoms with E-state index in [-0.39, 0.29) is 18.4 Å². The maximum atomic E-state index is 12.3. The number of aromatic nitrogens is 1. The van der Waals surface area contributed by atoms with Gasteiger partial charge in [-0.15, -0.1) is 0 Å². The van der Waals surface area contributed by atoms with Crippen LogP contribution in [0.25, 0.3) is 0 Å². The standard InChI is InChI=1S/C14H24N4O2/c1-4-6-16-13(19)10-17(3)14(20)12-8-11(15)9-18(12)7-5-2/h8-9H,4-7,10,15H2,1-3H3,(H,16,19). The van der Waals surface area contributed by atoms with Gasteiger partial charge in [0.1, 0.15) is 5.69 Å². The first-order valence-corrected chi connectivity index (χ1v) is 6.97. The number of rotatable bonds is 7. The second-order valence-corrected chi connectivity index (χ2v) is 4.86. The van der Waals surface area contributed by atoms with Gasteiger partial charge in [-0.25, -0.2) is 0 Å². The van der Waals surface area contributed by atoms with Gasteiger partial charge in [0, 0.05) is 26.3 Å². The van der Waals surface area contributed by atoms with Crippen LogP contribution in [-0.4, -0.2) is 41.4 Å². The lowest BCUT2D eigenvalue weighted by molar-refractivity contribution is -0.121. The molecule has 2 amide bonds. The van der Waals surface area contributed by atoms with Gasteiger partial charge in [0.25, 0.3) is 5.91 Å². The number of anilines is 1. The molecule has 6 heteroatoms. The van der Waals surface area contributed by atoms with E-state index in [1.54, 1.807) is 19.3 Å². The summed E-state index contributed by atoms with van der Waals surface area (Å²) >= 11 is 0. The van der Waals surface area contributed by atoms with Crippen molar-refractivity contribution >= 4 is 17.5 Å².